The van der Waals surface area contributed by atoms with Crippen molar-refractivity contribution in [2.45, 2.75) is 6.92 Å². The summed E-state index contributed by atoms with van der Waals surface area (Å²) >= 11 is 1.25. The zero-order valence-corrected chi connectivity index (χ0v) is 15.3. The highest BCUT2D eigenvalue weighted by atomic mass is 32.1. The molecule has 0 aliphatic heterocycles. The molecule has 5 nitrogen and oxygen atoms in total. The summed E-state index contributed by atoms with van der Waals surface area (Å²) in [4.78, 5) is 18.0. The SMILES string of the molecule is Cc1ccc(NC(=O)c2sc(-c3ccco3)nc2-c2ccccc2)c(O)c1. The van der Waals surface area contributed by atoms with E-state index in [0.717, 1.165) is 11.1 Å². The Bertz CT molecular complexity index is 1090. The third-order valence-electron chi connectivity index (χ3n) is 4.01. The van der Waals surface area contributed by atoms with Gasteiger partial charge in [-0.15, -0.1) is 11.3 Å². The fraction of sp³-hybridized carbons (Fsp3) is 0.0476. The number of rotatable bonds is 4. The van der Waals surface area contributed by atoms with Crippen LogP contribution in [0.3, 0.4) is 0 Å². The van der Waals surface area contributed by atoms with Gasteiger partial charge in [-0.2, -0.15) is 0 Å². The van der Waals surface area contributed by atoms with Crippen LogP contribution in [-0.2, 0) is 0 Å². The van der Waals surface area contributed by atoms with E-state index in [1.165, 1.54) is 11.3 Å². The number of nitrogens with zero attached hydrogens (tertiary/aromatic N) is 1. The van der Waals surface area contributed by atoms with Gasteiger partial charge in [-0.25, -0.2) is 4.98 Å². The molecule has 0 aliphatic carbocycles. The summed E-state index contributed by atoms with van der Waals surface area (Å²) < 4.78 is 5.43. The molecular weight excluding hydrogens is 360 g/mol. The molecule has 0 bridgehead atoms. The van der Waals surface area contributed by atoms with Crippen LogP contribution in [-0.4, -0.2) is 16.0 Å². The summed E-state index contributed by atoms with van der Waals surface area (Å²) in [7, 11) is 0. The highest BCUT2D eigenvalue weighted by Gasteiger charge is 2.22. The van der Waals surface area contributed by atoms with Crippen LogP contribution in [0.15, 0.2) is 71.3 Å². The van der Waals surface area contributed by atoms with Gasteiger partial charge in [0.05, 0.1) is 17.6 Å². The number of hydrogen-bond acceptors (Lipinski definition) is 5. The molecule has 0 radical (unpaired) electrons. The van der Waals surface area contributed by atoms with Crippen LogP contribution in [0.25, 0.3) is 22.0 Å². The largest absolute Gasteiger partial charge is 0.506 e. The Kier molecular flexibility index (Phi) is 4.48. The number of aromatic hydroxyl groups is 1. The lowest BCUT2D eigenvalue weighted by atomic mass is 10.1. The van der Waals surface area contributed by atoms with E-state index < -0.39 is 0 Å². The van der Waals surface area contributed by atoms with Crippen molar-refractivity contribution < 1.29 is 14.3 Å². The van der Waals surface area contributed by atoms with Crippen molar-refractivity contribution >= 4 is 22.9 Å². The number of carbonyl (C=O) groups excluding carboxylic acids is 1. The van der Waals surface area contributed by atoms with Crippen LogP contribution in [0.1, 0.15) is 15.2 Å². The van der Waals surface area contributed by atoms with Crippen LogP contribution in [0.2, 0.25) is 0 Å². The summed E-state index contributed by atoms with van der Waals surface area (Å²) in [6.07, 6.45) is 1.57. The number of furan rings is 1. The zero-order chi connectivity index (χ0) is 18.8. The van der Waals surface area contributed by atoms with Crippen molar-refractivity contribution in [3.05, 3.63) is 77.4 Å². The molecule has 0 saturated heterocycles. The van der Waals surface area contributed by atoms with E-state index in [-0.39, 0.29) is 11.7 Å². The minimum Gasteiger partial charge on any atom is -0.506 e. The van der Waals surface area contributed by atoms with Crippen molar-refractivity contribution in [3.8, 4) is 27.8 Å². The van der Waals surface area contributed by atoms with Crippen LogP contribution in [0, 0.1) is 6.92 Å². The predicted molar refractivity (Wildman–Crippen MR) is 106 cm³/mol. The quantitative estimate of drug-likeness (QED) is 0.472. The number of aromatic nitrogens is 1. The minimum absolute atomic E-state index is 0.0281. The van der Waals surface area contributed by atoms with Gasteiger partial charge in [0.2, 0.25) is 0 Å². The molecule has 0 aliphatic rings. The van der Waals surface area contributed by atoms with Gasteiger partial charge < -0.3 is 14.8 Å². The topological polar surface area (TPSA) is 75.4 Å². The van der Waals surface area contributed by atoms with Gasteiger partial charge in [0.25, 0.3) is 5.91 Å². The van der Waals surface area contributed by atoms with Crippen molar-refractivity contribution in [2.24, 2.45) is 0 Å². The van der Waals surface area contributed by atoms with Gasteiger partial charge in [-0.1, -0.05) is 36.4 Å². The Morgan fingerprint density at radius 2 is 1.93 bits per heavy atom. The number of phenols is 1. The van der Waals surface area contributed by atoms with Gasteiger partial charge in [-0.05, 0) is 36.8 Å². The van der Waals surface area contributed by atoms with Gasteiger partial charge in [-0.3, -0.25) is 4.79 Å². The van der Waals surface area contributed by atoms with Crippen LogP contribution in [0.4, 0.5) is 5.69 Å². The molecule has 0 spiro atoms. The van der Waals surface area contributed by atoms with Crippen LogP contribution in [0.5, 0.6) is 5.75 Å². The third-order valence-corrected chi connectivity index (χ3v) is 5.08. The van der Waals surface area contributed by atoms with Crippen molar-refractivity contribution in [1.29, 1.82) is 0 Å². The number of benzene rings is 2. The second kappa shape index (κ2) is 7.09. The molecule has 2 aromatic heterocycles. The number of phenolic OH excluding ortho intramolecular Hbond substituents is 1. The Hall–Kier alpha value is -3.38. The van der Waals surface area contributed by atoms with Gasteiger partial charge in [0.1, 0.15) is 10.6 Å². The molecule has 134 valence electrons. The Morgan fingerprint density at radius 1 is 1.11 bits per heavy atom. The molecule has 6 heteroatoms. The molecule has 4 rings (SSSR count). The van der Waals surface area contributed by atoms with E-state index >= 15 is 0 Å². The molecule has 4 aromatic rings. The van der Waals surface area contributed by atoms with Crippen molar-refractivity contribution in [1.82, 2.24) is 4.98 Å². The first kappa shape index (κ1) is 17.1. The number of aryl methyl sites for hydroxylation is 1. The minimum atomic E-state index is -0.330. The number of nitrogens with one attached hydrogen (secondary N) is 1. The Balaban J connectivity index is 1.75. The zero-order valence-electron chi connectivity index (χ0n) is 14.5. The Labute approximate surface area is 159 Å². The molecule has 1 amide bonds. The molecule has 2 aromatic carbocycles. The van der Waals surface area contributed by atoms with Crippen molar-refractivity contribution in [2.75, 3.05) is 5.32 Å². The smallest absolute Gasteiger partial charge is 0.268 e. The van der Waals surface area contributed by atoms with Crippen molar-refractivity contribution in [3.63, 3.8) is 0 Å². The fourth-order valence-corrected chi connectivity index (χ4v) is 3.65. The maximum absolute atomic E-state index is 12.9. The summed E-state index contributed by atoms with van der Waals surface area (Å²) in [5.74, 6) is 0.304. The van der Waals surface area contributed by atoms with Gasteiger partial charge >= 0.3 is 0 Å². The van der Waals surface area contributed by atoms with E-state index in [9.17, 15) is 9.90 Å². The average Bonchev–Trinajstić information content (AvgIpc) is 3.34. The van der Waals surface area contributed by atoms with E-state index in [1.807, 2.05) is 43.3 Å². The number of carbonyl (C=O) groups is 1. The summed E-state index contributed by atoms with van der Waals surface area (Å²) in [6.45, 7) is 1.87. The molecule has 2 N–H and O–H groups in total. The van der Waals surface area contributed by atoms with Gasteiger partial charge in [0, 0.05) is 5.56 Å². The normalized spacial score (nSPS) is 10.7. The monoisotopic (exact) mass is 376 g/mol. The van der Waals surface area contributed by atoms with Crippen LogP contribution >= 0.6 is 11.3 Å². The maximum atomic E-state index is 12.9. The van der Waals surface area contributed by atoms with Gasteiger partial charge in [0.15, 0.2) is 10.8 Å². The van der Waals surface area contributed by atoms with E-state index in [4.69, 9.17) is 4.42 Å². The molecule has 0 unspecified atom stereocenters. The molecule has 27 heavy (non-hydrogen) atoms. The first-order valence-electron chi connectivity index (χ1n) is 8.33. The highest BCUT2D eigenvalue weighted by Crippen LogP contribution is 2.35. The first-order chi connectivity index (χ1) is 13.1. The van der Waals surface area contributed by atoms with E-state index in [2.05, 4.69) is 10.3 Å². The van der Waals surface area contributed by atoms with E-state index in [1.54, 1.807) is 30.5 Å². The molecule has 0 fully saturated rings. The van der Waals surface area contributed by atoms with Crippen LogP contribution < -0.4 is 5.32 Å². The second-order valence-electron chi connectivity index (χ2n) is 6.01. The number of anilines is 1. The number of thiazole rings is 1. The highest BCUT2D eigenvalue weighted by molar-refractivity contribution is 7.17. The molecular formula is C21H16N2O3S. The molecule has 0 atom stereocenters. The lowest BCUT2D eigenvalue weighted by molar-refractivity contribution is 0.103. The first-order valence-corrected chi connectivity index (χ1v) is 9.14. The summed E-state index contributed by atoms with van der Waals surface area (Å²) in [5, 5.41) is 13.5. The standard InChI is InChI=1S/C21H16N2O3S/c1-13-9-10-15(16(24)12-13)22-20(25)19-18(14-6-3-2-4-7-14)23-21(27-19)17-8-5-11-26-17/h2-12,24H,1H3,(H,22,25). The lowest BCUT2D eigenvalue weighted by Gasteiger charge is -2.08. The fourth-order valence-electron chi connectivity index (χ4n) is 2.70. The number of hydrogen-bond donors (Lipinski definition) is 2. The maximum Gasteiger partial charge on any atom is 0.268 e. The predicted octanol–water partition coefficient (Wildman–Crippen LogP) is 5.34. The number of amides is 1. The van der Waals surface area contributed by atoms with E-state index in [0.29, 0.717) is 27.0 Å². The average molecular weight is 376 g/mol. The molecule has 0 saturated carbocycles. The second-order valence-corrected chi connectivity index (χ2v) is 7.01. The third kappa shape index (κ3) is 3.47. The lowest BCUT2D eigenvalue weighted by Crippen LogP contribution is -2.11. The summed E-state index contributed by atoms with van der Waals surface area (Å²) in [5.41, 5.74) is 2.69. The molecule has 2 heterocycles. The summed E-state index contributed by atoms with van der Waals surface area (Å²) in [6, 6.07) is 18.2. The Morgan fingerprint density at radius 3 is 2.63 bits per heavy atom.